The smallest absolute Gasteiger partial charge is 0.246 e. The second kappa shape index (κ2) is 6.26. The van der Waals surface area contributed by atoms with Gasteiger partial charge in [-0.05, 0) is 39.5 Å². The lowest BCUT2D eigenvalue weighted by atomic mass is 9.94. The molecular weight excluding hydrogens is 310 g/mol. The SMILES string of the molecule is Cc1nn(CCCl)c(C)c1S(=O)(=O)N1CCCC(C)C1C. The maximum atomic E-state index is 13.0. The van der Waals surface area contributed by atoms with Crippen LogP contribution in [0.2, 0.25) is 0 Å². The van der Waals surface area contributed by atoms with Crippen LogP contribution in [-0.4, -0.2) is 41.0 Å². The molecular formula is C14H24ClN3O2S. The molecule has 5 nitrogen and oxygen atoms in total. The highest BCUT2D eigenvalue weighted by Gasteiger charge is 2.37. The first-order chi connectivity index (χ1) is 9.80. The van der Waals surface area contributed by atoms with E-state index in [1.807, 2.05) is 6.92 Å². The fraction of sp³-hybridized carbons (Fsp3) is 0.786. The molecule has 2 rings (SSSR count). The Bertz CT molecular complexity index is 612. The van der Waals surface area contributed by atoms with Crippen LogP contribution >= 0.6 is 11.6 Å². The van der Waals surface area contributed by atoms with E-state index in [4.69, 9.17) is 11.6 Å². The van der Waals surface area contributed by atoms with Gasteiger partial charge in [-0.3, -0.25) is 4.68 Å². The monoisotopic (exact) mass is 333 g/mol. The molecule has 0 spiro atoms. The summed E-state index contributed by atoms with van der Waals surface area (Å²) in [7, 11) is -3.50. The summed E-state index contributed by atoms with van der Waals surface area (Å²) in [6.45, 7) is 8.78. The molecule has 21 heavy (non-hydrogen) atoms. The number of hydrogen-bond acceptors (Lipinski definition) is 3. The number of hydrogen-bond donors (Lipinski definition) is 0. The van der Waals surface area contributed by atoms with Crippen molar-refractivity contribution in [2.24, 2.45) is 5.92 Å². The summed E-state index contributed by atoms with van der Waals surface area (Å²) in [6, 6.07) is 0.0268. The summed E-state index contributed by atoms with van der Waals surface area (Å²) in [4.78, 5) is 0.355. The Labute approximate surface area is 132 Å². The summed E-state index contributed by atoms with van der Waals surface area (Å²) in [5.74, 6) is 0.797. The zero-order valence-corrected chi connectivity index (χ0v) is 14.7. The fourth-order valence-corrected chi connectivity index (χ4v) is 5.41. The van der Waals surface area contributed by atoms with Crippen LogP contribution < -0.4 is 0 Å². The van der Waals surface area contributed by atoms with Gasteiger partial charge >= 0.3 is 0 Å². The van der Waals surface area contributed by atoms with E-state index in [-0.39, 0.29) is 6.04 Å². The average molecular weight is 334 g/mol. The average Bonchev–Trinajstić information content (AvgIpc) is 2.68. The predicted octanol–water partition coefficient (Wildman–Crippen LogP) is 2.55. The van der Waals surface area contributed by atoms with Crippen LogP contribution in [0.4, 0.5) is 0 Å². The standard InChI is InChI=1S/C14H24ClN3O2S/c1-10-6-5-8-18(12(10)3)21(19,20)14-11(2)16-17(9-7-15)13(14)4/h10,12H,5-9H2,1-4H3. The Morgan fingerprint density at radius 1 is 1.33 bits per heavy atom. The minimum atomic E-state index is -3.50. The third-order valence-electron chi connectivity index (χ3n) is 4.49. The summed E-state index contributed by atoms with van der Waals surface area (Å²) >= 11 is 5.75. The van der Waals surface area contributed by atoms with E-state index in [9.17, 15) is 8.42 Å². The Hall–Kier alpha value is -0.590. The van der Waals surface area contributed by atoms with E-state index >= 15 is 0 Å². The zero-order chi connectivity index (χ0) is 15.8. The van der Waals surface area contributed by atoms with Gasteiger partial charge in [-0.15, -0.1) is 11.6 Å². The molecule has 1 fully saturated rings. The molecule has 0 radical (unpaired) electrons. The number of rotatable bonds is 4. The number of aromatic nitrogens is 2. The number of piperidine rings is 1. The first kappa shape index (κ1) is 16.8. The molecule has 1 aliphatic rings. The number of halogens is 1. The predicted molar refractivity (Wildman–Crippen MR) is 84.2 cm³/mol. The maximum Gasteiger partial charge on any atom is 0.246 e. The molecule has 0 aromatic carbocycles. The molecule has 0 amide bonds. The molecule has 1 aliphatic heterocycles. The third-order valence-corrected chi connectivity index (χ3v) is 6.90. The second-order valence-electron chi connectivity index (χ2n) is 5.89. The van der Waals surface area contributed by atoms with Crippen molar-refractivity contribution in [1.82, 2.24) is 14.1 Å². The van der Waals surface area contributed by atoms with Crippen molar-refractivity contribution in [1.29, 1.82) is 0 Å². The van der Waals surface area contributed by atoms with E-state index in [2.05, 4.69) is 12.0 Å². The summed E-state index contributed by atoms with van der Waals surface area (Å²) in [6.07, 6.45) is 2.00. The highest BCUT2D eigenvalue weighted by molar-refractivity contribution is 7.89. The molecule has 7 heteroatoms. The third kappa shape index (κ3) is 2.98. The number of sulfonamides is 1. The topological polar surface area (TPSA) is 55.2 Å². The van der Waals surface area contributed by atoms with E-state index in [1.54, 1.807) is 22.8 Å². The molecule has 2 heterocycles. The van der Waals surface area contributed by atoms with Gasteiger partial charge in [0.15, 0.2) is 0 Å². The lowest BCUT2D eigenvalue weighted by Crippen LogP contribution is -2.46. The van der Waals surface area contributed by atoms with Crippen molar-refractivity contribution in [2.75, 3.05) is 12.4 Å². The lowest BCUT2D eigenvalue weighted by Gasteiger charge is -2.36. The summed E-state index contributed by atoms with van der Waals surface area (Å²) in [5, 5.41) is 4.33. The van der Waals surface area contributed by atoms with Gasteiger partial charge in [0.2, 0.25) is 10.0 Å². The minimum Gasteiger partial charge on any atom is -0.267 e. The van der Waals surface area contributed by atoms with Crippen LogP contribution in [0.3, 0.4) is 0 Å². The number of nitrogens with zero attached hydrogens (tertiary/aromatic N) is 3. The first-order valence-corrected chi connectivity index (χ1v) is 9.40. The van der Waals surface area contributed by atoms with E-state index in [1.165, 1.54) is 0 Å². The van der Waals surface area contributed by atoms with Crippen molar-refractivity contribution in [3.8, 4) is 0 Å². The van der Waals surface area contributed by atoms with Gasteiger partial charge in [0.05, 0.1) is 17.9 Å². The van der Waals surface area contributed by atoms with Gasteiger partial charge in [0.25, 0.3) is 0 Å². The zero-order valence-electron chi connectivity index (χ0n) is 13.1. The van der Waals surface area contributed by atoms with E-state index in [0.29, 0.717) is 41.2 Å². The summed E-state index contributed by atoms with van der Waals surface area (Å²) < 4.78 is 29.4. The maximum absolute atomic E-state index is 13.0. The number of alkyl halides is 1. The van der Waals surface area contributed by atoms with Crippen LogP contribution in [0.25, 0.3) is 0 Å². The Morgan fingerprint density at radius 2 is 2.00 bits per heavy atom. The number of aryl methyl sites for hydroxylation is 2. The van der Waals surface area contributed by atoms with Crippen molar-refractivity contribution >= 4 is 21.6 Å². The molecule has 2 atom stereocenters. The fourth-order valence-electron chi connectivity index (χ4n) is 3.11. The van der Waals surface area contributed by atoms with Crippen LogP contribution in [0.15, 0.2) is 4.90 Å². The van der Waals surface area contributed by atoms with Crippen LogP contribution in [0.5, 0.6) is 0 Å². The lowest BCUT2D eigenvalue weighted by molar-refractivity contribution is 0.202. The quantitative estimate of drug-likeness (QED) is 0.796. The van der Waals surface area contributed by atoms with E-state index in [0.717, 1.165) is 12.8 Å². The molecule has 0 N–H and O–H groups in total. The molecule has 1 aromatic heterocycles. The van der Waals surface area contributed by atoms with Gasteiger partial charge in [-0.25, -0.2) is 8.42 Å². The highest BCUT2D eigenvalue weighted by atomic mass is 35.5. The van der Waals surface area contributed by atoms with Crippen LogP contribution in [-0.2, 0) is 16.6 Å². The van der Waals surface area contributed by atoms with Gasteiger partial charge in [0.1, 0.15) is 4.90 Å². The van der Waals surface area contributed by atoms with Gasteiger partial charge in [-0.1, -0.05) is 6.92 Å². The minimum absolute atomic E-state index is 0.0268. The summed E-state index contributed by atoms with van der Waals surface area (Å²) in [5.41, 5.74) is 1.24. The molecule has 1 aromatic rings. The Morgan fingerprint density at radius 3 is 2.62 bits per heavy atom. The van der Waals surface area contributed by atoms with Crippen molar-refractivity contribution in [2.45, 2.75) is 58.0 Å². The van der Waals surface area contributed by atoms with Gasteiger partial charge < -0.3 is 0 Å². The Kier molecular flexibility index (Phi) is 5.00. The molecule has 0 saturated carbocycles. The molecule has 1 saturated heterocycles. The largest absolute Gasteiger partial charge is 0.267 e. The van der Waals surface area contributed by atoms with Crippen LogP contribution in [0, 0.1) is 19.8 Å². The van der Waals surface area contributed by atoms with Crippen LogP contribution in [0.1, 0.15) is 38.1 Å². The Balaban J connectivity index is 2.44. The second-order valence-corrected chi connectivity index (χ2v) is 8.09. The van der Waals surface area contributed by atoms with E-state index < -0.39 is 10.0 Å². The van der Waals surface area contributed by atoms with Crippen molar-refractivity contribution in [3.05, 3.63) is 11.4 Å². The van der Waals surface area contributed by atoms with Crippen molar-refractivity contribution in [3.63, 3.8) is 0 Å². The first-order valence-electron chi connectivity index (χ1n) is 7.42. The van der Waals surface area contributed by atoms with Gasteiger partial charge in [0, 0.05) is 18.5 Å². The van der Waals surface area contributed by atoms with Crippen molar-refractivity contribution < 1.29 is 8.42 Å². The molecule has 120 valence electrons. The highest BCUT2D eigenvalue weighted by Crippen LogP contribution is 2.31. The molecule has 2 unspecified atom stereocenters. The molecule has 0 bridgehead atoms. The normalized spacial score (nSPS) is 24.4. The van der Waals surface area contributed by atoms with Gasteiger partial charge in [-0.2, -0.15) is 9.40 Å². The molecule has 0 aliphatic carbocycles.